The molecule has 0 aliphatic carbocycles. The summed E-state index contributed by atoms with van der Waals surface area (Å²) in [4.78, 5) is 16.9. The molecular formula is C19H26N4O2. The van der Waals surface area contributed by atoms with E-state index < -0.39 is 0 Å². The smallest absolute Gasteiger partial charge is 0.272 e. The molecule has 1 aliphatic rings. The molecule has 6 nitrogen and oxygen atoms in total. The summed E-state index contributed by atoms with van der Waals surface area (Å²) in [5.41, 5.74) is 2.81. The highest BCUT2D eigenvalue weighted by atomic mass is 16.5. The van der Waals surface area contributed by atoms with Gasteiger partial charge in [-0.15, -0.1) is 0 Å². The molecule has 1 aromatic carbocycles. The summed E-state index contributed by atoms with van der Waals surface area (Å²) in [6, 6.07) is 10.1. The number of ether oxygens (including phenoxy) is 1. The van der Waals surface area contributed by atoms with Gasteiger partial charge in [-0.25, -0.2) is 0 Å². The number of carbonyl (C=O) groups excluding carboxylic acids is 1. The number of amides is 1. The van der Waals surface area contributed by atoms with E-state index in [0.29, 0.717) is 12.3 Å². The average molecular weight is 342 g/mol. The lowest BCUT2D eigenvalue weighted by atomic mass is 10.2. The van der Waals surface area contributed by atoms with Crippen molar-refractivity contribution in [1.82, 2.24) is 19.6 Å². The normalized spacial score (nSPS) is 15.4. The Hall–Kier alpha value is -2.34. The summed E-state index contributed by atoms with van der Waals surface area (Å²) in [5, 5.41) is 4.27. The number of nitrogens with zero attached hydrogens (tertiary/aromatic N) is 4. The number of rotatable bonds is 5. The van der Waals surface area contributed by atoms with Crippen molar-refractivity contribution in [2.24, 2.45) is 7.05 Å². The highest BCUT2D eigenvalue weighted by molar-refractivity contribution is 5.92. The molecule has 1 fully saturated rings. The standard InChI is InChI=1S/C19H26N4O2/c1-4-25-17-7-5-16(6-8-17)14-22-9-11-23(12-10-22)19(24)18-13-15(2)20-21(18)3/h5-8,13H,4,9-12,14H2,1-3H3. The van der Waals surface area contributed by atoms with Gasteiger partial charge < -0.3 is 9.64 Å². The molecule has 0 radical (unpaired) electrons. The van der Waals surface area contributed by atoms with Gasteiger partial charge in [-0.05, 0) is 37.6 Å². The van der Waals surface area contributed by atoms with Crippen LogP contribution in [0.15, 0.2) is 30.3 Å². The largest absolute Gasteiger partial charge is 0.494 e. The van der Waals surface area contributed by atoms with Crippen LogP contribution in [0, 0.1) is 6.92 Å². The van der Waals surface area contributed by atoms with Crippen LogP contribution in [-0.2, 0) is 13.6 Å². The third-order valence-electron chi connectivity index (χ3n) is 4.52. The van der Waals surface area contributed by atoms with Crippen molar-refractivity contribution in [2.75, 3.05) is 32.8 Å². The van der Waals surface area contributed by atoms with Crippen LogP contribution in [0.1, 0.15) is 28.7 Å². The summed E-state index contributed by atoms with van der Waals surface area (Å²) in [7, 11) is 1.82. The molecule has 0 spiro atoms. The third-order valence-corrected chi connectivity index (χ3v) is 4.52. The Labute approximate surface area is 149 Å². The van der Waals surface area contributed by atoms with Gasteiger partial charge in [0.05, 0.1) is 12.3 Å². The van der Waals surface area contributed by atoms with Gasteiger partial charge in [-0.3, -0.25) is 14.4 Å². The van der Waals surface area contributed by atoms with Gasteiger partial charge in [-0.1, -0.05) is 12.1 Å². The molecule has 0 atom stereocenters. The Morgan fingerprint density at radius 1 is 1.16 bits per heavy atom. The zero-order chi connectivity index (χ0) is 17.8. The van der Waals surface area contributed by atoms with E-state index in [1.165, 1.54) is 5.56 Å². The first-order chi connectivity index (χ1) is 12.1. The lowest BCUT2D eigenvalue weighted by molar-refractivity contribution is 0.0617. The lowest BCUT2D eigenvalue weighted by Crippen LogP contribution is -2.48. The Kier molecular flexibility index (Phi) is 5.38. The van der Waals surface area contributed by atoms with E-state index in [-0.39, 0.29) is 5.91 Å². The molecular weight excluding hydrogens is 316 g/mol. The molecule has 0 N–H and O–H groups in total. The van der Waals surface area contributed by atoms with Crippen LogP contribution in [-0.4, -0.2) is 58.3 Å². The number of hydrogen-bond donors (Lipinski definition) is 0. The zero-order valence-corrected chi connectivity index (χ0v) is 15.2. The van der Waals surface area contributed by atoms with Crippen molar-refractivity contribution in [2.45, 2.75) is 20.4 Å². The van der Waals surface area contributed by atoms with Crippen LogP contribution >= 0.6 is 0 Å². The second-order valence-electron chi connectivity index (χ2n) is 6.44. The van der Waals surface area contributed by atoms with E-state index in [0.717, 1.165) is 44.2 Å². The fourth-order valence-corrected chi connectivity index (χ4v) is 3.20. The summed E-state index contributed by atoms with van der Waals surface area (Å²) >= 11 is 0. The van der Waals surface area contributed by atoms with Crippen molar-refractivity contribution in [3.8, 4) is 5.75 Å². The van der Waals surface area contributed by atoms with Gasteiger partial charge in [0.25, 0.3) is 5.91 Å². The van der Waals surface area contributed by atoms with Crippen LogP contribution in [0.25, 0.3) is 0 Å². The number of piperazine rings is 1. The van der Waals surface area contributed by atoms with E-state index in [1.54, 1.807) is 4.68 Å². The predicted octanol–water partition coefficient (Wildman–Crippen LogP) is 2.09. The Bertz CT molecular complexity index is 716. The number of benzene rings is 1. The summed E-state index contributed by atoms with van der Waals surface area (Å²) in [6.45, 7) is 8.75. The second-order valence-corrected chi connectivity index (χ2v) is 6.44. The minimum atomic E-state index is 0.0730. The minimum Gasteiger partial charge on any atom is -0.494 e. The monoisotopic (exact) mass is 342 g/mol. The molecule has 0 unspecified atom stereocenters. The molecule has 0 bridgehead atoms. The molecule has 1 saturated heterocycles. The number of carbonyl (C=O) groups is 1. The van der Waals surface area contributed by atoms with E-state index in [2.05, 4.69) is 22.1 Å². The first kappa shape index (κ1) is 17.5. The zero-order valence-electron chi connectivity index (χ0n) is 15.2. The summed E-state index contributed by atoms with van der Waals surface area (Å²) < 4.78 is 7.15. The maximum Gasteiger partial charge on any atom is 0.272 e. The van der Waals surface area contributed by atoms with Crippen molar-refractivity contribution in [1.29, 1.82) is 0 Å². The number of hydrogen-bond acceptors (Lipinski definition) is 4. The van der Waals surface area contributed by atoms with Crippen LogP contribution in [0.5, 0.6) is 5.75 Å². The topological polar surface area (TPSA) is 50.6 Å². The van der Waals surface area contributed by atoms with Gasteiger partial charge in [0.2, 0.25) is 0 Å². The Balaban J connectivity index is 1.53. The van der Waals surface area contributed by atoms with Gasteiger partial charge >= 0.3 is 0 Å². The molecule has 6 heteroatoms. The van der Waals surface area contributed by atoms with E-state index in [4.69, 9.17) is 4.74 Å². The molecule has 134 valence electrons. The predicted molar refractivity (Wildman–Crippen MR) is 96.7 cm³/mol. The van der Waals surface area contributed by atoms with E-state index in [9.17, 15) is 4.79 Å². The van der Waals surface area contributed by atoms with Crippen LogP contribution < -0.4 is 4.74 Å². The first-order valence-corrected chi connectivity index (χ1v) is 8.81. The van der Waals surface area contributed by atoms with Crippen LogP contribution in [0.4, 0.5) is 0 Å². The van der Waals surface area contributed by atoms with Gasteiger partial charge in [0.15, 0.2) is 0 Å². The third kappa shape index (κ3) is 4.20. The fourth-order valence-electron chi connectivity index (χ4n) is 3.20. The van der Waals surface area contributed by atoms with Gasteiger partial charge in [0, 0.05) is 39.8 Å². The summed E-state index contributed by atoms with van der Waals surface area (Å²) in [5.74, 6) is 0.983. The second kappa shape index (κ2) is 7.70. The van der Waals surface area contributed by atoms with Crippen LogP contribution in [0.3, 0.4) is 0 Å². The molecule has 25 heavy (non-hydrogen) atoms. The number of aromatic nitrogens is 2. The maximum atomic E-state index is 12.6. The molecule has 2 aromatic rings. The first-order valence-electron chi connectivity index (χ1n) is 8.81. The van der Waals surface area contributed by atoms with Crippen molar-refractivity contribution < 1.29 is 9.53 Å². The maximum absolute atomic E-state index is 12.6. The van der Waals surface area contributed by atoms with Gasteiger partial charge in [-0.2, -0.15) is 5.10 Å². The van der Waals surface area contributed by atoms with Crippen molar-refractivity contribution >= 4 is 5.91 Å². The SMILES string of the molecule is CCOc1ccc(CN2CCN(C(=O)c3cc(C)nn3C)CC2)cc1. The molecule has 1 amide bonds. The van der Waals surface area contributed by atoms with Crippen molar-refractivity contribution in [3.63, 3.8) is 0 Å². The quantitative estimate of drug-likeness (QED) is 0.835. The highest BCUT2D eigenvalue weighted by Crippen LogP contribution is 2.15. The van der Waals surface area contributed by atoms with E-state index >= 15 is 0 Å². The molecule has 1 aliphatic heterocycles. The molecule has 3 rings (SSSR count). The average Bonchev–Trinajstić information content (AvgIpc) is 2.95. The summed E-state index contributed by atoms with van der Waals surface area (Å²) in [6.07, 6.45) is 0. The van der Waals surface area contributed by atoms with Crippen LogP contribution in [0.2, 0.25) is 0 Å². The molecule has 0 saturated carbocycles. The lowest BCUT2D eigenvalue weighted by Gasteiger charge is -2.34. The fraction of sp³-hybridized carbons (Fsp3) is 0.474. The van der Waals surface area contributed by atoms with E-state index in [1.807, 2.05) is 44.0 Å². The Morgan fingerprint density at radius 3 is 2.40 bits per heavy atom. The minimum absolute atomic E-state index is 0.0730. The van der Waals surface area contributed by atoms with Gasteiger partial charge in [0.1, 0.15) is 11.4 Å². The highest BCUT2D eigenvalue weighted by Gasteiger charge is 2.24. The van der Waals surface area contributed by atoms with Crippen molar-refractivity contribution in [3.05, 3.63) is 47.3 Å². The molecule has 2 heterocycles. The number of aryl methyl sites for hydroxylation is 2. The Morgan fingerprint density at radius 2 is 1.84 bits per heavy atom. The molecule has 1 aromatic heterocycles.